The molecule has 3 fully saturated rings. The van der Waals surface area contributed by atoms with Crippen molar-refractivity contribution in [1.82, 2.24) is 0 Å². The predicted molar refractivity (Wildman–Crippen MR) is 102 cm³/mol. The smallest absolute Gasteiger partial charge is 0.303 e. The second-order valence-electron chi connectivity index (χ2n) is 10.2. The third-order valence-electron chi connectivity index (χ3n) is 8.74. The maximum Gasteiger partial charge on any atom is 0.303 e. The van der Waals surface area contributed by atoms with Crippen LogP contribution in [0, 0.1) is 40.4 Å². The number of hydrogen-bond acceptors (Lipinski definition) is 4. The summed E-state index contributed by atoms with van der Waals surface area (Å²) < 4.78 is 0. The summed E-state index contributed by atoms with van der Waals surface area (Å²) in [5, 5.41) is 9.23. The van der Waals surface area contributed by atoms with Crippen molar-refractivity contribution in [3.8, 4) is 0 Å². The summed E-state index contributed by atoms with van der Waals surface area (Å²) in [5.74, 6) is -0.850. The number of Topliss-reactive ketones (excluding diaryl/α,β-unsaturated/α-hetero) is 2. The summed E-state index contributed by atoms with van der Waals surface area (Å²) in [5.41, 5.74) is 0.172. The van der Waals surface area contributed by atoms with Crippen LogP contribution in [0.15, 0.2) is 11.6 Å². The largest absolute Gasteiger partial charge is 0.481 e. The highest BCUT2D eigenvalue weighted by Crippen LogP contribution is 2.65. The molecule has 1 N–H and O–H groups in total. The highest BCUT2D eigenvalue weighted by molar-refractivity contribution is 6.02. The van der Waals surface area contributed by atoms with Gasteiger partial charge in [0.1, 0.15) is 11.6 Å². The summed E-state index contributed by atoms with van der Waals surface area (Å²) in [7, 11) is 0. The first-order valence-corrected chi connectivity index (χ1v) is 10.6. The summed E-state index contributed by atoms with van der Waals surface area (Å²) in [4.78, 5) is 49.9. The van der Waals surface area contributed by atoms with Gasteiger partial charge in [0, 0.05) is 42.9 Å². The van der Waals surface area contributed by atoms with Crippen molar-refractivity contribution in [2.24, 2.45) is 40.4 Å². The van der Waals surface area contributed by atoms with E-state index < -0.39 is 5.97 Å². The summed E-state index contributed by atoms with van der Waals surface area (Å²) in [6.07, 6.45) is 5.42. The Hall–Kier alpha value is -1.78. The standard InChI is InChI=1S/C23H30O5/c1-12(8-19(27)28)15-4-5-16-20-17(25)10-13-9-14(24)6-7-22(13,2)21(20)18(26)11-23(15,16)3/h10,12,15-16,20-21H,4-9,11H2,1-3H3,(H,27,28). The number of rotatable bonds is 3. The van der Waals surface area contributed by atoms with E-state index in [9.17, 15) is 24.3 Å². The fraction of sp³-hybridized carbons (Fsp3) is 0.739. The molecule has 152 valence electrons. The number of allylic oxidation sites excluding steroid dienone is 2. The first-order valence-electron chi connectivity index (χ1n) is 10.6. The molecule has 28 heavy (non-hydrogen) atoms. The van der Waals surface area contributed by atoms with E-state index in [4.69, 9.17) is 0 Å². The van der Waals surface area contributed by atoms with Gasteiger partial charge in [-0.3, -0.25) is 19.2 Å². The maximum absolute atomic E-state index is 13.5. The van der Waals surface area contributed by atoms with Crippen LogP contribution < -0.4 is 0 Å². The molecule has 5 heteroatoms. The van der Waals surface area contributed by atoms with Gasteiger partial charge in [0.05, 0.1) is 0 Å². The van der Waals surface area contributed by atoms with E-state index in [-0.39, 0.29) is 64.2 Å². The van der Waals surface area contributed by atoms with Crippen LogP contribution in [0.3, 0.4) is 0 Å². The van der Waals surface area contributed by atoms with Crippen molar-refractivity contribution in [3.63, 3.8) is 0 Å². The van der Waals surface area contributed by atoms with Gasteiger partial charge in [-0.1, -0.05) is 26.3 Å². The second-order valence-corrected chi connectivity index (χ2v) is 10.2. The zero-order valence-corrected chi connectivity index (χ0v) is 17.0. The van der Waals surface area contributed by atoms with Crippen LogP contribution >= 0.6 is 0 Å². The molecule has 3 saturated carbocycles. The minimum Gasteiger partial charge on any atom is -0.481 e. The SMILES string of the molecule is CC(CC(=O)O)C1CCC2C3C(=O)C=C4CC(=O)CCC4(C)C3C(=O)CC12C. The molecule has 0 aromatic heterocycles. The van der Waals surface area contributed by atoms with Gasteiger partial charge in [0.25, 0.3) is 0 Å². The molecule has 5 nitrogen and oxygen atoms in total. The van der Waals surface area contributed by atoms with Crippen LogP contribution in [0.5, 0.6) is 0 Å². The van der Waals surface area contributed by atoms with E-state index in [1.54, 1.807) is 6.08 Å². The normalized spacial score (nSPS) is 43.7. The van der Waals surface area contributed by atoms with Gasteiger partial charge in [0.15, 0.2) is 5.78 Å². The molecular formula is C23H30O5. The maximum atomic E-state index is 13.5. The van der Waals surface area contributed by atoms with E-state index in [0.717, 1.165) is 18.4 Å². The topological polar surface area (TPSA) is 88.5 Å². The van der Waals surface area contributed by atoms with Crippen molar-refractivity contribution >= 4 is 23.3 Å². The van der Waals surface area contributed by atoms with E-state index >= 15 is 0 Å². The van der Waals surface area contributed by atoms with Crippen molar-refractivity contribution in [1.29, 1.82) is 0 Å². The van der Waals surface area contributed by atoms with Crippen LogP contribution in [0.1, 0.15) is 65.7 Å². The van der Waals surface area contributed by atoms with Gasteiger partial charge >= 0.3 is 5.97 Å². The molecule has 4 rings (SSSR count). The zero-order chi connectivity index (χ0) is 20.4. The monoisotopic (exact) mass is 386 g/mol. The Morgan fingerprint density at radius 3 is 2.64 bits per heavy atom. The molecule has 0 aromatic rings. The quantitative estimate of drug-likeness (QED) is 0.800. The number of fused-ring (bicyclic) bond motifs is 5. The van der Waals surface area contributed by atoms with Crippen molar-refractivity contribution < 1.29 is 24.3 Å². The van der Waals surface area contributed by atoms with Crippen LogP contribution in [0.25, 0.3) is 0 Å². The average Bonchev–Trinajstić information content (AvgIpc) is 2.92. The van der Waals surface area contributed by atoms with Gasteiger partial charge in [-0.2, -0.15) is 0 Å². The lowest BCUT2D eigenvalue weighted by Gasteiger charge is -2.55. The van der Waals surface area contributed by atoms with Crippen LogP contribution in [-0.2, 0) is 19.2 Å². The lowest BCUT2D eigenvalue weighted by atomic mass is 9.46. The van der Waals surface area contributed by atoms with E-state index in [1.165, 1.54) is 0 Å². The molecule has 4 aliphatic carbocycles. The Bertz CT molecular complexity index is 795. The zero-order valence-electron chi connectivity index (χ0n) is 17.0. The lowest BCUT2D eigenvalue weighted by Crippen LogP contribution is -2.57. The van der Waals surface area contributed by atoms with Crippen LogP contribution in [-0.4, -0.2) is 28.4 Å². The number of aliphatic carboxylic acids is 1. The second kappa shape index (κ2) is 6.36. The molecule has 7 unspecified atom stereocenters. The summed E-state index contributed by atoms with van der Waals surface area (Å²) in [6, 6.07) is 0. The number of carboxylic acid groups (broad SMARTS) is 1. The third-order valence-corrected chi connectivity index (χ3v) is 8.74. The van der Waals surface area contributed by atoms with Crippen LogP contribution in [0.2, 0.25) is 0 Å². The van der Waals surface area contributed by atoms with Gasteiger partial charge in [-0.25, -0.2) is 0 Å². The number of carboxylic acids is 1. The number of hydrogen-bond donors (Lipinski definition) is 1. The summed E-state index contributed by atoms with van der Waals surface area (Å²) in [6.45, 7) is 6.16. The van der Waals surface area contributed by atoms with Gasteiger partial charge in [-0.05, 0) is 48.5 Å². The van der Waals surface area contributed by atoms with Crippen molar-refractivity contribution in [2.75, 3.05) is 0 Å². The van der Waals surface area contributed by atoms with Gasteiger partial charge in [-0.15, -0.1) is 0 Å². The molecule has 0 heterocycles. The number of carbonyl (C=O) groups excluding carboxylic acids is 3. The third kappa shape index (κ3) is 2.65. The van der Waals surface area contributed by atoms with Crippen molar-refractivity contribution in [3.05, 3.63) is 11.6 Å². The van der Waals surface area contributed by atoms with Crippen LogP contribution in [0.4, 0.5) is 0 Å². The molecule has 0 radical (unpaired) electrons. The molecule has 4 aliphatic rings. The van der Waals surface area contributed by atoms with Gasteiger partial charge < -0.3 is 5.11 Å². The molecule has 0 spiro atoms. The predicted octanol–water partition coefficient (Wildman–Crippen LogP) is 3.60. The lowest BCUT2D eigenvalue weighted by molar-refractivity contribution is -0.153. The molecule has 7 atom stereocenters. The van der Waals surface area contributed by atoms with E-state index in [1.807, 2.05) is 6.92 Å². The molecule has 0 saturated heterocycles. The molecule has 0 aromatic carbocycles. The molecule has 0 amide bonds. The van der Waals surface area contributed by atoms with E-state index in [2.05, 4.69) is 13.8 Å². The minimum atomic E-state index is -0.805. The average molecular weight is 386 g/mol. The molecular weight excluding hydrogens is 356 g/mol. The first kappa shape index (κ1) is 19.5. The number of ketones is 3. The highest BCUT2D eigenvalue weighted by Gasteiger charge is 2.64. The fourth-order valence-corrected chi connectivity index (χ4v) is 7.43. The minimum absolute atomic E-state index is 0.00969. The fourth-order valence-electron chi connectivity index (χ4n) is 7.43. The Morgan fingerprint density at radius 2 is 1.96 bits per heavy atom. The Morgan fingerprint density at radius 1 is 1.25 bits per heavy atom. The summed E-state index contributed by atoms with van der Waals surface area (Å²) >= 11 is 0. The van der Waals surface area contributed by atoms with Gasteiger partial charge in [0.2, 0.25) is 0 Å². The number of carbonyl (C=O) groups is 4. The first-order chi connectivity index (χ1) is 13.1. The highest BCUT2D eigenvalue weighted by atomic mass is 16.4. The molecule has 0 aliphatic heterocycles. The Balaban J connectivity index is 1.72. The Kier molecular flexibility index (Phi) is 4.44. The van der Waals surface area contributed by atoms with E-state index in [0.29, 0.717) is 25.7 Å². The molecule has 0 bridgehead atoms. The van der Waals surface area contributed by atoms with Crippen molar-refractivity contribution in [2.45, 2.75) is 65.7 Å². The Labute approximate surface area is 165 Å².